The Morgan fingerprint density at radius 1 is 0.848 bits per heavy atom. The minimum Gasteiger partial charge on any atom is -0.497 e. The minimum absolute atomic E-state index is 0.0355. The molecular weight excluding hydrogens is 416 g/mol. The fourth-order valence-corrected chi connectivity index (χ4v) is 3.94. The first kappa shape index (κ1) is 22.5. The van der Waals surface area contributed by atoms with E-state index in [4.69, 9.17) is 14.2 Å². The second-order valence-corrected chi connectivity index (χ2v) is 7.83. The van der Waals surface area contributed by atoms with Gasteiger partial charge in [0.05, 0.1) is 13.7 Å². The van der Waals surface area contributed by atoms with Crippen LogP contribution in [0.4, 0.5) is 5.69 Å². The molecule has 1 aliphatic rings. The molecule has 4 rings (SSSR count). The van der Waals surface area contributed by atoms with Crippen LogP contribution in [-0.4, -0.2) is 50.7 Å². The van der Waals surface area contributed by atoms with E-state index in [1.807, 2.05) is 72.5 Å². The van der Waals surface area contributed by atoms with E-state index in [2.05, 4.69) is 17.0 Å². The van der Waals surface area contributed by atoms with Gasteiger partial charge in [0.25, 0.3) is 5.91 Å². The molecule has 1 heterocycles. The molecule has 0 aromatic heterocycles. The average Bonchev–Trinajstić information content (AvgIpc) is 2.88. The summed E-state index contributed by atoms with van der Waals surface area (Å²) in [6, 6.07) is 23.3. The molecule has 0 aliphatic carbocycles. The number of rotatable bonds is 8. The third-order valence-corrected chi connectivity index (χ3v) is 5.75. The Labute approximate surface area is 195 Å². The molecule has 0 spiro atoms. The van der Waals surface area contributed by atoms with E-state index in [9.17, 15) is 4.79 Å². The Morgan fingerprint density at radius 2 is 1.58 bits per heavy atom. The zero-order valence-corrected chi connectivity index (χ0v) is 19.2. The summed E-state index contributed by atoms with van der Waals surface area (Å²) >= 11 is 0. The summed E-state index contributed by atoms with van der Waals surface area (Å²) in [5, 5.41) is 0. The molecule has 1 aliphatic heterocycles. The van der Waals surface area contributed by atoms with Gasteiger partial charge >= 0.3 is 0 Å². The molecule has 0 atom stereocenters. The van der Waals surface area contributed by atoms with Gasteiger partial charge in [-0.05, 0) is 61.5 Å². The number of hydrogen-bond donors (Lipinski definition) is 0. The van der Waals surface area contributed by atoms with Gasteiger partial charge in [-0.15, -0.1) is 0 Å². The first-order valence-corrected chi connectivity index (χ1v) is 11.3. The van der Waals surface area contributed by atoms with Crippen molar-refractivity contribution in [1.82, 2.24) is 4.90 Å². The van der Waals surface area contributed by atoms with Crippen LogP contribution in [0, 0.1) is 0 Å². The largest absolute Gasteiger partial charge is 0.497 e. The van der Waals surface area contributed by atoms with Crippen molar-refractivity contribution in [2.24, 2.45) is 0 Å². The van der Waals surface area contributed by atoms with Gasteiger partial charge < -0.3 is 24.0 Å². The number of hydrogen-bond acceptors (Lipinski definition) is 5. The predicted molar refractivity (Wildman–Crippen MR) is 129 cm³/mol. The highest BCUT2D eigenvalue weighted by atomic mass is 16.5. The van der Waals surface area contributed by atoms with Crippen molar-refractivity contribution in [3.8, 4) is 17.2 Å². The smallest absolute Gasteiger partial charge is 0.253 e. The van der Waals surface area contributed by atoms with Crippen LogP contribution < -0.4 is 19.1 Å². The van der Waals surface area contributed by atoms with Gasteiger partial charge in [-0.2, -0.15) is 0 Å². The monoisotopic (exact) mass is 446 g/mol. The van der Waals surface area contributed by atoms with Gasteiger partial charge in [-0.25, -0.2) is 0 Å². The fourth-order valence-electron chi connectivity index (χ4n) is 3.94. The maximum absolute atomic E-state index is 13.2. The molecule has 33 heavy (non-hydrogen) atoms. The van der Waals surface area contributed by atoms with E-state index >= 15 is 0 Å². The Morgan fingerprint density at radius 3 is 2.24 bits per heavy atom. The summed E-state index contributed by atoms with van der Waals surface area (Å²) in [6.45, 7) is 5.77. The summed E-state index contributed by atoms with van der Waals surface area (Å²) in [6.07, 6.45) is 0. The number of amides is 1. The fraction of sp³-hybridized carbons (Fsp3) is 0.296. The lowest BCUT2D eigenvalue weighted by molar-refractivity contribution is 0.0746. The highest BCUT2D eigenvalue weighted by Crippen LogP contribution is 2.25. The van der Waals surface area contributed by atoms with Crippen LogP contribution in [-0.2, 0) is 6.61 Å². The number of methoxy groups -OCH3 is 1. The highest BCUT2D eigenvalue weighted by molar-refractivity contribution is 5.94. The zero-order chi connectivity index (χ0) is 23.0. The van der Waals surface area contributed by atoms with Crippen LogP contribution >= 0.6 is 0 Å². The van der Waals surface area contributed by atoms with Crippen LogP contribution in [0.1, 0.15) is 22.8 Å². The van der Waals surface area contributed by atoms with E-state index in [1.165, 1.54) is 0 Å². The predicted octanol–water partition coefficient (Wildman–Crippen LogP) is 4.64. The summed E-state index contributed by atoms with van der Waals surface area (Å²) < 4.78 is 16.9. The van der Waals surface area contributed by atoms with E-state index < -0.39 is 0 Å². The van der Waals surface area contributed by atoms with Gasteiger partial charge in [0, 0.05) is 43.0 Å². The number of anilines is 1. The van der Waals surface area contributed by atoms with Crippen LogP contribution in [0.25, 0.3) is 0 Å². The molecule has 1 amide bonds. The van der Waals surface area contributed by atoms with Crippen molar-refractivity contribution in [1.29, 1.82) is 0 Å². The molecule has 1 saturated heterocycles. The normalized spacial score (nSPS) is 13.5. The number of para-hydroxylation sites is 1. The maximum Gasteiger partial charge on any atom is 0.253 e. The van der Waals surface area contributed by atoms with E-state index in [0.29, 0.717) is 31.9 Å². The average molecular weight is 447 g/mol. The maximum atomic E-state index is 13.2. The molecule has 6 heteroatoms. The second-order valence-electron chi connectivity index (χ2n) is 7.83. The van der Waals surface area contributed by atoms with Crippen molar-refractivity contribution < 1.29 is 19.0 Å². The Bertz CT molecular complexity index is 1050. The van der Waals surface area contributed by atoms with E-state index in [-0.39, 0.29) is 5.91 Å². The molecule has 0 bridgehead atoms. The summed E-state index contributed by atoms with van der Waals surface area (Å²) in [5.41, 5.74) is 2.66. The molecule has 6 nitrogen and oxygen atoms in total. The number of ether oxygens (including phenoxy) is 3. The SMILES string of the molecule is CCOc1ccc(C(=O)N2CCN(c3ccc(OC)cc3)CC2)cc1COc1ccccc1. The molecule has 172 valence electrons. The lowest BCUT2D eigenvalue weighted by Gasteiger charge is -2.36. The van der Waals surface area contributed by atoms with Crippen molar-refractivity contribution in [2.75, 3.05) is 44.8 Å². The van der Waals surface area contributed by atoms with E-state index in [1.54, 1.807) is 7.11 Å². The Balaban J connectivity index is 1.41. The minimum atomic E-state index is 0.0355. The van der Waals surface area contributed by atoms with Gasteiger partial charge in [0.15, 0.2) is 0 Å². The van der Waals surface area contributed by atoms with Crippen molar-refractivity contribution in [3.05, 3.63) is 83.9 Å². The van der Waals surface area contributed by atoms with E-state index in [0.717, 1.165) is 41.6 Å². The lowest BCUT2D eigenvalue weighted by Crippen LogP contribution is -2.48. The van der Waals surface area contributed by atoms with Crippen molar-refractivity contribution in [3.63, 3.8) is 0 Å². The molecule has 3 aromatic carbocycles. The molecule has 0 N–H and O–H groups in total. The number of piperazine rings is 1. The number of carbonyl (C=O) groups excluding carboxylic acids is 1. The summed E-state index contributed by atoms with van der Waals surface area (Å²) in [5.74, 6) is 2.41. The van der Waals surface area contributed by atoms with Gasteiger partial charge in [0.2, 0.25) is 0 Å². The van der Waals surface area contributed by atoms with Gasteiger partial charge in [0.1, 0.15) is 23.9 Å². The second kappa shape index (κ2) is 10.8. The number of carbonyl (C=O) groups is 1. The van der Waals surface area contributed by atoms with Crippen molar-refractivity contribution in [2.45, 2.75) is 13.5 Å². The molecule has 0 unspecified atom stereocenters. The van der Waals surface area contributed by atoms with Crippen molar-refractivity contribution >= 4 is 11.6 Å². The molecule has 1 fully saturated rings. The van der Waals surface area contributed by atoms with Gasteiger partial charge in [-0.3, -0.25) is 4.79 Å². The molecule has 0 saturated carbocycles. The first-order chi connectivity index (χ1) is 16.2. The first-order valence-electron chi connectivity index (χ1n) is 11.3. The molecule has 3 aromatic rings. The number of benzene rings is 3. The molecular formula is C27H30N2O4. The quantitative estimate of drug-likeness (QED) is 0.505. The Kier molecular flexibility index (Phi) is 7.35. The topological polar surface area (TPSA) is 51.2 Å². The van der Waals surface area contributed by atoms with Crippen LogP contribution in [0.5, 0.6) is 17.2 Å². The Hall–Kier alpha value is -3.67. The standard InChI is InChI=1S/C27H30N2O4/c1-3-32-26-14-9-21(19-22(26)20-33-25-7-5-4-6-8-25)27(30)29-17-15-28(16-18-29)23-10-12-24(31-2)13-11-23/h4-14,19H,3,15-18,20H2,1-2H3. The van der Waals surface area contributed by atoms with Crippen LogP contribution in [0.3, 0.4) is 0 Å². The summed E-state index contributed by atoms with van der Waals surface area (Å²) in [7, 11) is 1.67. The lowest BCUT2D eigenvalue weighted by atomic mass is 10.1. The zero-order valence-electron chi connectivity index (χ0n) is 19.2. The molecule has 0 radical (unpaired) electrons. The third kappa shape index (κ3) is 5.58. The van der Waals surface area contributed by atoms with Crippen LogP contribution in [0.2, 0.25) is 0 Å². The van der Waals surface area contributed by atoms with Crippen LogP contribution in [0.15, 0.2) is 72.8 Å². The highest BCUT2D eigenvalue weighted by Gasteiger charge is 2.23. The van der Waals surface area contributed by atoms with Gasteiger partial charge in [-0.1, -0.05) is 18.2 Å². The number of nitrogens with zero attached hydrogens (tertiary/aromatic N) is 2. The summed E-state index contributed by atoms with van der Waals surface area (Å²) in [4.78, 5) is 17.4. The third-order valence-electron chi connectivity index (χ3n) is 5.75.